The Bertz CT molecular complexity index is 1140. The van der Waals surface area contributed by atoms with Gasteiger partial charge in [-0.1, -0.05) is 12.1 Å². The first-order valence-corrected chi connectivity index (χ1v) is 11.8. The zero-order valence-corrected chi connectivity index (χ0v) is 18.8. The van der Waals surface area contributed by atoms with Crippen molar-refractivity contribution in [3.63, 3.8) is 0 Å². The zero-order valence-electron chi connectivity index (χ0n) is 18.0. The molecule has 2 aliphatic heterocycles. The van der Waals surface area contributed by atoms with Gasteiger partial charge in [0, 0.05) is 13.1 Å². The van der Waals surface area contributed by atoms with Gasteiger partial charge in [-0.05, 0) is 42.8 Å². The lowest BCUT2D eigenvalue weighted by Gasteiger charge is -2.26. The highest BCUT2D eigenvalue weighted by Gasteiger charge is 2.27. The lowest BCUT2D eigenvalue weighted by atomic mass is 10.1. The molecular formula is C22H24N2O8S. The molecule has 1 N–H and O–H groups in total. The minimum absolute atomic E-state index is 0.0141. The van der Waals surface area contributed by atoms with E-state index in [9.17, 15) is 18.0 Å². The summed E-state index contributed by atoms with van der Waals surface area (Å²) in [5, 5.41) is 2.75. The number of amides is 1. The maximum absolute atomic E-state index is 12.8. The van der Waals surface area contributed by atoms with Gasteiger partial charge in [0.2, 0.25) is 16.8 Å². The van der Waals surface area contributed by atoms with E-state index in [0.29, 0.717) is 24.7 Å². The van der Waals surface area contributed by atoms with E-state index < -0.39 is 28.5 Å². The monoisotopic (exact) mass is 476 g/mol. The van der Waals surface area contributed by atoms with Crippen LogP contribution in [-0.2, 0) is 24.3 Å². The average molecular weight is 477 g/mol. The number of nitrogens with zero attached hydrogens (tertiary/aromatic N) is 1. The third-order valence-electron chi connectivity index (χ3n) is 5.29. The molecule has 0 saturated carbocycles. The van der Waals surface area contributed by atoms with Crippen LogP contribution in [0.5, 0.6) is 11.5 Å². The zero-order chi connectivity index (χ0) is 23.4. The van der Waals surface area contributed by atoms with Gasteiger partial charge in [0.15, 0.2) is 18.1 Å². The van der Waals surface area contributed by atoms with Gasteiger partial charge in [0.05, 0.1) is 29.7 Å². The van der Waals surface area contributed by atoms with Gasteiger partial charge < -0.3 is 24.3 Å². The van der Waals surface area contributed by atoms with Crippen molar-refractivity contribution in [3.05, 3.63) is 53.6 Å². The maximum Gasteiger partial charge on any atom is 0.338 e. The lowest BCUT2D eigenvalue weighted by molar-refractivity contribution is -0.124. The fourth-order valence-corrected chi connectivity index (χ4v) is 4.94. The minimum Gasteiger partial charge on any atom is -0.454 e. The summed E-state index contributed by atoms with van der Waals surface area (Å²) in [5.41, 5.74) is 0.848. The molecule has 1 unspecified atom stereocenters. The maximum atomic E-state index is 12.8. The molecule has 2 aliphatic rings. The van der Waals surface area contributed by atoms with Crippen molar-refractivity contribution < 1.29 is 37.0 Å². The molecule has 2 aromatic carbocycles. The Balaban J connectivity index is 1.34. The largest absolute Gasteiger partial charge is 0.454 e. The number of rotatable bonds is 7. The van der Waals surface area contributed by atoms with Crippen molar-refractivity contribution >= 4 is 21.9 Å². The number of morpholine rings is 1. The molecule has 4 rings (SSSR count). The third-order valence-corrected chi connectivity index (χ3v) is 7.18. The molecule has 1 amide bonds. The summed E-state index contributed by atoms with van der Waals surface area (Å²) in [7, 11) is -3.75. The van der Waals surface area contributed by atoms with Crippen molar-refractivity contribution in [2.24, 2.45) is 0 Å². The number of hydrogen-bond donors (Lipinski definition) is 1. The van der Waals surface area contributed by atoms with Crippen LogP contribution in [0.2, 0.25) is 0 Å². The van der Waals surface area contributed by atoms with Crippen molar-refractivity contribution in [1.29, 1.82) is 0 Å². The highest BCUT2D eigenvalue weighted by Crippen LogP contribution is 2.34. The first kappa shape index (κ1) is 23.0. The topological polar surface area (TPSA) is 120 Å². The van der Waals surface area contributed by atoms with Crippen LogP contribution in [-0.4, -0.2) is 64.3 Å². The Labute approximate surface area is 191 Å². The summed E-state index contributed by atoms with van der Waals surface area (Å²) < 4.78 is 47.8. The van der Waals surface area contributed by atoms with Crippen molar-refractivity contribution in [1.82, 2.24) is 9.62 Å². The quantitative estimate of drug-likeness (QED) is 0.597. The van der Waals surface area contributed by atoms with Gasteiger partial charge in [-0.15, -0.1) is 0 Å². The second-order valence-corrected chi connectivity index (χ2v) is 9.46. The predicted octanol–water partition coefficient (Wildman–Crippen LogP) is 1.47. The molecule has 0 radical (unpaired) electrons. The van der Waals surface area contributed by atoms with E-state index in [1.165, 1.54) is 28.6 Å². The van der Waals surface area contributed by atoms with Crippen LogP contribution in [0.3, 0.4) is 0 Å². The summed E-state index contributed by atoms with van der Waals surface area (Å²) in [6, 6.07) is 10.6. The van der Waals surface area contributed by atoms with Gasteiger partial charge in [0.1, 0.15) is 0 Å². The third kappa shape index (κ3) is 5.27. The number of sulfonamides is 1. The highest BCUT2D eigenvalue weighted by atomic mass is 32.2. The molecule has 11 heteroatoms. The van der Waals surface area contributed by atoms with E-state index in [1.807, 2.05) is 6.07 Å². The summed E-state index contributed by atoms with van der Waals surface area (Å²) in [6.45, 7) is 2.58. The summed E-state index contributed by atoms with van der Waals surface area (Å²) in [5.74, 6) is -0.0402. The minimum atomic E-state index is -3.75. The molecule has 1 saturated heterocycles. The fourth-order valence-electron chi connectivity index (χ4n) is 3.48. The smallest absolute Gasteiger partial charge is 0.338 e. The molecule has 1 atom stereocenters. The SMILES string of the molecule is CC(NC(=O)COC(=O)c1cccc(S(=O)(=O)N2CCOCC2)c1)c1ccc2c(c1)OCO2. The van der Waals surface area contributed by atoms with Crippen molar-refractivity contribution in [2.75, 3.05) is 39.7 Å². The molecule has 0 spiro atoms. The number of carbonyl (C=O) groups excluding carboxylic acids is 2. The number of esters is 1. The Kier molecular flexibility index (Phi) is 6.82. The van der Waals surface area contributed by atoms with Crippen molar-refractivity contribution in [3.8, 4) is 11.5 Å². The second kappa shape index (κ2) is 9.77. The van der Waals surface area contributed by atoms with Gasteiger partial charge in [-0.3, -0.25) is 4.79 Å². The highest BCUT2D eigenvalue weighted by molar-refractivity contribution is 7.89. The number of hydrogen-bond acceptors (Lipinski definition) is 8. The van der Waals surface area contributed by atoms with Gasteiger partial charge in [0.25, 0.3) is 5.91 Å². The Morgan fingerprint density at radius 3 is 2.64 bits per heavy atom. The van der Waals surface area contributed by atoms with Gasteiger partial charge in [-0.25, -0.2) is 13.2 Å². The molecule has 1 fully saturated rings. The fraction of sp³-hybridized carbons (Fsp3) is 0.364. The van der Waals surface area contributed by atoms with E-state index in [2.05, 4.69) is 5.32 Å². The average Bonchev–Trinajstić information content (AvgIpc) is 3.31. The lowest BCUT2D eigenvalue weighted by Crippen LogP contribution is -2.40. The second-order valence-electron chi connectivity index (χ2n) is 7.52. The molecule has 2 heterocycles. The van der Waals surface area contributed by atoms with Crippen LogP contribution in [0.15, 0.2) is 47.4 Å². The first-order chi connectivity index (χ1) is 15.8. The van der Waals surface area contributed by atoms with Crippen LogP contribution >= 0.6 is 0 Å². The standard InChI is InChI=1S/C22H24N2O8S/c1-15(16-5-6-19-20(12-16)32-14-31-19)23-21(25)13-30-22(26)17-3-2-4-18(11-17)33(27,28)24-7-9-29-10-8-24/h2-6,11-12,15H,7-10,13-14H2,1H3,(H,23,25). The van der Waals surface area contributed by atoms with Crippen LogP contribution in [0.4, 0.5) is 0 Å². The number of benzene rings is 2. The molecule has 0 bridgehead atoms. The van der Waals surface area contributed by atoms with Crippen LogP contribution in [0.1, 0.15) is 28.9 Å². The summed E-state index contributed by atoms with van der Waals surface area (Å²) in [4.78, 5) is 24.7. The molecule has 0 aromatic heterocycles. The van der Waals surface area contributed by atoms with E-state index in [0.717, 1.165) is 5.56 Å². The van der Waals surface area contributed by atoms with Crippen LogP contribution < -0.4 is 14.8 Å². The van der Waals surface area contributed by atoms with E-state index in [4.69, 9.17) is 18.9 Å². The molecular weight excluding hydrogens is 452 g/mol. The van der Waals surface area contributed by atoms with Crippen molar-refractivity contribution in [2.45, 2.75) is 17.9 Å². The first-order valence-electron chi connectivity index (χ1n) is 10.4. The van der Waals surface area contributed by atoms with Crippen LogP contribution in [0, 0.1) is 0 Å². The molecule has 2 aromatic rings. The summed E-state index contributed by atoms with van der Waals surface area (Å²) >= 11 is 0. The van der Waals surface area contributed by atoms with E-state index >= 15 is 0 Å². The van der Waals surface area contributed by atoms with E-state index in [1.54, 1.807) is 19.1 Å². The normalized spacial score (nSPS) is 16.8. The molecule has 10 nitrogen and oxygen atoms in total. The van der Waals surface area contributed by atoms with Crippen LogP contribution in [0.25, 0.3) is 0 Å². The van der Waals surface area contributed by atoms with Gasteiger partial charge >= 0.3 is 5.97 Å². The molecule has 33 heavy (non-hydrogen) atoms. The molecule has 0 aliphatic carbocycles. The Morgan fingerprint density at radius 1 is 1.09 bits per heavy atom. The number of ether oxygens (including phenoxy) is 4. The Hall–Kier alpha value is -3.15. The Morgan fingerprint density at radius 2 is 1.85 bits per heavy atom. The molecule has 176 valence electrons. The number of carbonyl (C=O) groups is 2. The van der Waals surface area contributed by atoms with E-state index in [-0.39, 0.29) is 36.4 Å². The summed E-state index contributed by atoms with van der Waals surface area (Å²) in [6.07, 6.45) is 0. The number of nitrogens with one attached hydrogen (secondary N) is 1. The van der Waals surface area contributed by atoms with Gasteiger partial charge in [-0.2, -0.15) is 4.31 Å². The number of fused-ring (bicyclic) bond motifs is 1. The predicted molar refractivity (Wildman–Crippen MR) is 115 cm³/mol.